The molecule has 3 nitrogen and oxygen atoms in total. The molecule has 0 aliphatic carbocycles. The van der Waals surface area contributed by atoms with Crippen LogP contribution in [0.4, 0.5) is 0 Å². The monoisotopic (exact) mass is 259 g/mol. The zero-order valence-electron chi connectivity index (χ0n) is 5.95. The highest BCUT2D eigenvalue weighted by Crippen LogP contribution is 2.11. The van der Waals surface area contributed by atoms with Crippen LogP contribution >= 0.6 is 22.6 Å². The zero-order chi connectivity index (χ0) is 7.84. The van der Waals surface area contributed by atoms with Crippen molar-refractivity contribution in [3.8, 4) is 0 Å². The Bertz CT molecular complexity index is 357. The Morgan fingerprint density at radius 3 is 3.18 bits per heavy atom. The van der Waals surface area contributed by atoms with Crippen LogP contribution in [0, 0.1) is 10.5 Å². The van der Waals surface area contributed by atoms with Gasteiger partial charge in [-0.3, -0.25) is 0 Å². The van der Waals surface area contributed by atoms with Gasteiger partial charge in [-0.05, 0) is 41.1 Å². The first-order valence-electron chi connectivity index (χ1n) is 3.23. The topological polar surface area (TPSA) is 30.2 Å². The van der Waals surface area contributed by atoms with Crippen molar-refractivity contribution in [2.24, 2.45) is 0 Å². The number of hydrogen-bond acceptors (Lipinski definition) is 2. The SMILES string of the molecule is Cc1cc2ncnn2cc1I. The van der Waals surface area contributed by atoms with Crippen LogP contribution in [0.1, 0.15) is 5.56 Å². The molecule has 2 aromatic rings. The van der Waals surface area contributed by atoms with Crippen molar-refractivity contribution >= 4 is 28.2 Å². The molecular formula is C7H6IN3. The largest absolute Gasteiger partial charge is 0.220 e. The molecule has 0 aliphatic rings. The van der Waals surface area contributed by atoms with E-state index in [0.717, 1.165) is 5.65 Å². The standard InChI is InChI=1S/C7H6IN3/c1-5-2-7-9-4-10-11(7)3-6(5)8/h2-4H,1H3. The minimum Gasteiger partial charge on any atom is -0.220 e. The lowest BCUT2D eigenvalue weighted by Gasteiger charge is -1.96. The van der Waals surface area contributed by atoms with Crippen molar-refractivity contribution in [1.29, 1.82) is 0 Å². The first-order valence-corrected chi connectivity index (χ1v) is 4.31. The molecule has 0 atom stereocenters. The summed E-state index contributed by atoms with van der Waals surface area (Å²) in [5.74, 6) is 0. The van der Waals surface area contributed by atoms with Crippen molar-refractivity contribution in [3.05, 3.63) is 27.7 Å². The molecule has 0 radical (unpaired) electrons. The third-order valence-electron chi connectivity index (χ3n) is 1.56. The summed E-state index contributed by atoms with van der Waals surface area (Å²) >= 11 is 2.28. The summed E-state index contributed by atoms with van der Waals surface area (Å²) in [5.41, 5.74) is 2.15. The number of pyridine rings is 1. The summed E-state index contributed by atoms with van der Waals surface area (Å²) in [6.45, 7) is 2.07. The predicted molar refractivity (Wildman–Crippen MR) is 50.4 cm³/mol. The maximum Gasteiger partial charge on any atom is 0.155 e. The van der Waals surface area contributed by atoms with Crippen LogP contribution in [0.2, 0.25) is 0 Å². The molecule has 0 aliphatic heterocycles. The van der Waals surface area contributed by atoms with Crippen LogP contribution in [-0.2, 0) is 0 Å². The van der Waals surface area contributed by atoms with E-state index in [-0.39, 0.29) is 0 Å². The number of fused-ring (bicyclic) bond motifs is 1. The lowest BCUT2D eigenvalue weighted by atomic mass is 10.3. The molecule has 2 rings (SSSR count). The van der Waals surface area contributed by atoms with Crippen LogP contribution < -0.4 is 0 Å². The zero-order valence-corrected chi connectivity index (χ0v) is 8.11. The Hall–Kier alpha value is -0.650. The molecule has 0 saturated carbocycles. The number of aryl methyl sites for hydroxylation is 1. The smallest absolute Gasteiger partial charge is 0.155 e. The second-order valence-electron chi connectivity index (χ2n) is 2.37. The summed E-state index contributed by atoms with van der Waals surface area (Å²) in [6.07, 6.45) is 3.53. The highest BCUT2D eigenvalue weighted by Gasteiger charge is 1.98. The van der Waals surface area contributed by atoms with Crippen molar-refractivity contribution in [2.75, 3.05) is 0 Å². The minimum atomic E-state index is 0.905. The van der Waals surface area contributed by atoms with Gasteiger partial charge in [0.15, 0.2) is 5.65 Å². The molecule has 2 aromatic heterocycles. The lowest BCUT2D eigenvalue weighted by molar-refractivity contribution is 0.951. The number of rotatable bonds is 0. The van der Waals surface area contributed by atoms with Crippen LogP contribution in [0.25, 0.3) is 5.65 Å². The molecule has 0 amide bonds. The fraction of sp³-hybridized carbons (Fsp3) is 0.143. The number of nitrogens with zero attached hydrogens (tertiary/aromatic N) is 3. The van der Waals surface area contributed by atoms with Crippen molar-refractivity contribution in [3.63, 3.8) is 0 Å². The molecule has 0 saturated heterocycles. The predicted octanol–water partition coefficient (Wildman–Crippen LogP) is 1.64. The van der Waals surface area contributed by atoms with E-state index >= 15 is 0 Å². The van der Waals surface area contributed by atoms with Crippen LogP contribution in [0.15, 0.2) is 18.6 Å². The molecule has 11 heavy (non-hydrogen) atoms. The van der Waals surface area contributed by atoms with Gasteiger partial charge in [0.1, 0.15) is 6.33 Å². The van der Waals surface area contributed by atoms with Gasteiger partial charge in [-0.2, -0.15) is 5.10 Å². The number of halogens is 1. The highest BCUT2D eigenvalue weighted by atomic mass is 127. The third-order valence-corrected chi connectivity index (χ3v) is 2.69. The van der Waals surface area contributed by atoms with Gasteiger partial charge >= 0.3 is 0 Å². The molecule has 0 aromatic carbocycles. The van der Waals surface area contributed by atoms with E-state index in [9.17, 15) is 0 Å². The van der Waals surface area contributed by atoms with Gasteiger partial charge in [0.25, 0.3) is 0 Å². The van der Waals surface area contributed by atoms with Gasteiger partial charge < -0.3 is 0 Å². The summed E-state index contributed by atoms with van der Waals surface area (Å²) in [4.78, 5) is 4.07. The average Bonchev–Trinajstić information content (AvgIpc) is 2.36. The molecule has 0 unspecified atom stereocenters. The van der Waals surface area contributed by atoms with E-state index < -0.39 is 0 Å². The van der Waals surface area contributed by atoms with E-state index in [1.54, 1.807) is 10.8 Å². The molecule has 2 heterocycles. The molecular weight excluding hydrogens is 253 g/mol. The minimum absolute atomic E-state index is 0.905. The molecule has 0 fully saturated rings. The third kappa shape index (κ3) is 1.11. The van der Waals surface area contributed by atoms with E-state index in [0.29, 0.717) is 0 Å². The Labute approximate surface area is 77.6 Å². The summed E-state index contributed by atoms with van der Waals surface area (Å²) in [7, 11) is 0. The van der Waals surface area contributed by atoms with E-state index in [1.807, 2.05) is 12.3 Å². The number of hydrogen-bond donors (Lipinski definition) is 0. The maximum absolute atomic E-state index is 4.07. The van der Waals surface area contributed by atoms with Gasteiger partial charge in [0, 0.05) is 9.77 Å². The van der Waals surface area contributed by atoms with Crippen LogP contribution in [0.5, 0.6) is 0 Å². The Balaban J connectivity index is 2.86. The second kappa shape index (κ2) is 2.44. The Morgan fingerprint density at radius 1 is 1.55 bits per heavy atom. The quantitative estimate of drug-likeness (QED) is 0.673. The van der Waals surface area contributed by atoms with Gasteiger partial charge in [-0.25, -0.2) is 9.50 Å². The van der Waals surface area contributed by atoms with Crippen molar-refractivity contribution < 1.29 is 0 Å². The molecule has 0 spiro atoms. The first-order chi connectivity index (χ1) is 5.27. The van der Waals surface area contributed by atoms with E-state index in [4.69, 9.17) is 0 Å². The van der Waals surface area contributed by atoms with E-state index in [2.05, 4.69) is 39.6 Å². The van der Waals surface area contributed by atoms with Crippen molar-refractivity contribution in [2.45, 2.75) is 6.92 Å². The number of aromatic nitrogens is 3. The van der Waals surface area contributed by atoms with Crippen LogP contribution in [0.3, 0.4) is 0 Å². The summed E-state index contributed by atoms with van der Waals surface area (Å²) < 4.78 is 2.98. The first kappa shape index (κ1) is 7.02. The molecule has 0 N–H and O–H groups in total. The Kier molecular flexibility index (Phi) is 1.56. The van der Waals surface area contributed by atoms with Crippen molar-refractivity contribution in [1.82, 2.24) is 14.6 Å². The fourth-order valence-electron chi connectivity index (χ4n) is 0.934. The normalized spacial score (nSPS) is 10.7. The maximum atomic E-state index is 4.07. The fourth-order valence-corrected chi connectivity index (χ4v) is 1.35. The lowest BCUT2D eigenvalue weighted by Crippen LogP contribution is -1.90. The summed E-state index contributed by atoms with van der Waals surface area (Å²) in [6, 6.07) is 2.02. The van der Waals surface area contributed by atoms with Gasteiger partial charge in [0.2, 0.25) is 0 Å². The molecule has 0 bridgehead atoms. The van der Waals surface area contributed by atoms with Gasteiger partial charge in [-0.1, -0.05) is 0 Å². The molecule has 56 valence electrons. The highest BCUT2D eigenvalue weighted by molar-refractivity contribution is 14.1. The Morgan fingerprint density at radius 2 is 2.36 bits per heavy atom. The van der Waals surface area contributed by atoms with Crippen LogP contribution in [-0.4, -0.2) is 14.6 Å². The molecule has 4 heteroatoms. The summed E-state index contributed by atoms with van der Waals surface area (Å²) in [5, 5.41) is 4.02. The van der Waals surface area contributed by atoms with Gasteiger partial charge in [-0.15, -0.1) is 0 Å². The van der Waals surface area contributed by atoms with Gasteiger partial charge in [0.05, 0.1) is 0 Å². The average molecular weight is 259 g/mol. The van der Waals surface area contributed by atoms with E-state index in [1.165, 1.54) is 9.13 Å². The second-order valence-corrected chi connectivity index (χ2v) is 3.53.